The van der Waals surface area contributed by atoms with Crippen LogP contribution in [-0.4, -0.2) is 63.8 Å². The third-order valence-corrected chi connectivity index (χ3v) is 5.81. The lowest BCUT2D eigenvalue weighted by atomic mass is 9.93. The zero-order valence-corrected chi connectivity index (χ0v) is 19.0. The first-order valence-corrected chi connectivity index (χ1v) is 10.5. The number of likely N-dealkylation sites (tertiary alicyclic amines) is 1. The lowest BCUT2D eigenvalue weighted by Gasteiger charge is -2.26. The molecule has 9 nitrogen and oxygen atoms in total. The first kappa shape index (κ1) is 23.9. The van der Waals surface area contributed by atoms with Crippen molar-refractivity contribution in [3.8, 4) is 5.75 Å². The maximum atomic E-state index is 13.1. The lowest BCUT2D eigenvalue weighted by Crippen LogP contribution is -2.32. The fourth-order valence-electron chi connectivity index (χ4n) is 3.96. The Labute approximate surface area is 191 Å². The molecule has 0 saturated carbocycles. The van der Waals surface area contributed by atoms with Gasteiger partial charge in [-0.15, -0.1) is 0 Å². The minimum absolute atomic E-state index is 0.0276. The van der Waals surface area contributed by atoms with E-state index in [1.54, 1.807) is 26.0 Å². The van der Waals surface area contributed by atoms with E-state index in [4.69, 9.17) is 0 Å². The average molecular weight is 453 g/mol. The van der Waals surface area contributed by atoms with Gasteiger partial charge in [0, 0.05) is 18.7 Å². The van der Waals surface area contributed by atoms with Crippen molar-refractivity contribution in [2.24, 2.45) is 0 Å². The Morgan fingerprint density at radius 2 is 1.82 bits per heavy atom. The Morgan fingerprint density at radius 3 is 2.45 bits per heavy atom. The van der Waals surface area contributed by atoms with E-state index < -0.39 is 28.4 Å². The number of nitrogens with zero attached hydrogens (tertiary/aromatic N) is 3. The summed E-state index contributed by atoms with van der Waals surface area (Å²) in [7, 11) is 3.77. The third kappa shape index (κ3) is 4.73. The van der Waals surface area contributed by atoms with Crippen LogP contribution in [0.15, 0.2) is 42.0 Å². The highest BCUT2D eigenvalue weighted by atomic mass is 16.6. The van der Waals surface area contributed by atoms with Gasteiger partial charge in [-0.3, -0.25) is 19.7 Å². The van der Waals surface area contributed by atoms with Gasteiger partial charge in [0.25, 0.3) is 17.4 Å². The van der Waals surface area contributed by atoms with Crippen molar-refractivity contribution in [2.75, 3.05) is 27.2 Å². The van der Waals surface area contributed by atoms with Crippen LogP contribution in [-0.2, 0) is 9.59 Å². The molecule has 1 heterocycles. The number of ketones is 1. The van der Waals surface area contributed by atoms with E-state index in [2.05, 4.69) is 0 Å². The lowest BCUT2D eigenvalue weighted by molar-refractivity contribution is -0.384. The number of phenols is 1. The number of hydrogen-bond donors (Lipinski definition) is 2. The van der Waals surface area contributed by atoms with Crippen LogP contribution < -0.4 is 0 Å². The summed E-state index contributed by atoms with van der Waals surface area (Å²) in [6, 6.07) is 7.66. The number of amides is 1. The van der Waals surface area contributed by atoms with Gasteiger partial charge in [-0.05, 0) is 69.7 Å². The Kier molecular flexibility index (Phi) is 6.83. The van der Waals surface area contributed by atoms with Crippen LogP contribution in [0.5, 0.6) is 5.75 Å². The number of carbonyl (C=O) groups is 2. The number of benzene rings is 2. The van der Waals surface area contributed by atoms with Gasteiger partial charge in [-0.1, -0.05) is 12.1 Å². The van der Waals surface area contributed by atoms with E-state index in [1.807, 2.05) is 19.0 Å². The molecule has 2 N–H and O–H groups in total. The van der Waals surface area contributed by atoms with Crippen molar-refractivity contribution in [3.05, 3.63) is 74.3 Å². The van der Waals surface area contributed by atoms with Crippen molar-refractivity contribution in [1.82, 2.24) is 9.80 Å². The molecule has 0 aromatic heterocycles. The molecule has 1 saturated heterocycles. The summed E-state index contributed by atoms with van der Waals surface area (Å²) in [5.74, 6) is -2.44. The van der Waals surface area contributed by atoms with Crippen LogP contribution in [0.4, 0.5) is 5.69 Å². The largest absolute Gasteiger partial charge is 0.507 e. The van der Waals surface area contributed by atoms with Crippen molar-refractivity contribution in [1.29, 1.82) is 0 Å². The summed E-state index contributed by atoms with van der Waals surface area (Å²) in [6.07, 6.45) is 0.556. The number of aromatic hydroxyl groups is 1. The smallest absolute Gasteiger partial charge is 0.295 e. The third-order valence-electron chi connectivity index (χ3n) is 5.81. The molecule has 0 aliphatic carbocycles. The number of nitro groups is 1. The predicted molar refractivity (Wildman–Crippen MR) is 123 cm³/mol. The normalized spacial score (nSPS) is 17.7. The summed E-state index contributed by atoms with van der Waals surface area (Å²) < 4.78 is 0. The van der Waals surface area contributed by atoms with Gasteiger partial charge in [0.1, 0.15) is 11.5 Å². The van der Waals surface area contributed by atoms with E-state index in [9.17, 15) is 29.9 Å². The van der Waals surface area contributed by atoms with Gasteiger partial charge in [0.2, 0.25) is 0 Å². The predicted octanol–water partition coefficient (Wildman–Crippen LogP) is 3.29. The highest BCUT2D eigenvalue weighted by Gasteiger charge is 2.46. The molecule has 1 aliphatic heterocycles. The van der Waals surface area contributed by atoms with E-state index in [-0.39, 0.29) is 29.1 Å². The molecule has 1 aliphatic rings. The number of hydrogen-bond acceptors (Lipinski definition) is 7. The molecule has 1 fully saturated rings. The molecule has 0 radical (unpaired) electrons. The van der Waals surface area contributed by atoms with Gasteiger partial charge in [-0.25, -0.2) is 0 Å². The number of phenolic OH excluding ortho intramolecular Hbond substituents is 1. The summed E-state index contributed by atoms with van der Waals surface area (Å²) in [6.45, 7) is 4.46. The fourth-order valence-corrected chi connectivity index (χ4v) is 3.96. The molecule has 1 amide bonds. The number of aliphatic hydroxyl groups is 1. The van der Waals surface area contributed by atoms with Gasteiger partial charge < -0.3 is 20.0 Å². The second-order valence-electron chi connectivity index (χ2n) is 8.46. The number of aliphatic hydroxyl groups excluding tert-OH is 1. The molecular weight excluding hydrogens is 426 g/mol. The van der Waals surface area contributed by atoms with Gasteiger partial charge in [0.15, 0.2) is 0 Å². The standard InChI is InChI=1S/C24H27N3O6/c1-14-11-18(19(28)12-15(14)2)22(29)20-21(16-7-5-8-17(13-16)27(32)33)26(24(31)23(20)30)10-6-9-25(3)4/h5,7-8,11-13,21,28-29H,6,9-10H2,1-4H3/b22-20-. The highest BCUT2D eigenvalue weighted by Crippen LogP contribution is 2.41. The van der Waals surface area contributed by atoms with Crippen LogP contribution in [0, 0.1) is 24.0 Å². The number of carbonyl (C=O) groups excluding carboxylic acids is 2. The van der Waals surface area contributed by atoms with Gasteiger partial charge in [0.05, 0.1) is 22.1 Å². The molecule has 1 unspecified atom stereocenters. The molecule has 174 valence electrons. The maximum absolute atomic E-state index is 13.1. The van der Waals surface area contributed by atoms with Crippen molar-refractivity contribution in [3.63, 3.8) is 0 Å². The fraction of sp³-hybridized carbons (Fsp3) is 0.333. The Morgan fingerprint density at radius 1 is 1.15 bits per heavy atom. The van der Waals surface area contributed by atoms with Crippen LogP contribution in [0.1, 0.15) is 34.7 Å². The molecular formula is C24H27N3O6. The second-order valence-corrected chi connectivity index (χ2v) is 8.46. The first-order chi connectivity index (χ1) is 15.5. The quantitative estimate of drug-likeness (QED) is 0.217. The van der Waals surface area contributed by atoms with Gasteiger partial charge >= 0.3 is 0 Å². The molecule has 2 aromatic carbocycles. The van der Waals surface area contributed by atoms with Crippen molar-refractivity contribution >= 4 is 23.1 Å². The summed E-state index contributed by atoms with van der Waals surface area (Å²) in [5, 5.41) is 32.9. The number of Topliss-reactive ketones (excluding diaryl/α,β-unsaturated/α-hetero) is 1. The highest BCUT2D eigenvalue weighted by molar-refractivity contribution is 6.46. The van der Waals surface area contributed by atoms with Crippen LogP contribution in [0.2, 0.25) is 0 Å². The van der Waals surface area contributed by atoms with Crippen molar-refractivity contribution < 1.29 is 24.7 Å². The Bertz CT molecular complexity index is 1150. The zero-order chi connectivity index (χ0) is 24.4. The summed E-state index contributed by atoms with van der Waals surface area (Å²) in [4.78, 5) is 40.1. The van der Waals surface area contributed by atoms with Crippen molar-refractivity contribution in [2.45, 2.75) is 26.3 Å². The van der Waals surface area contributed by atoms with E-state index in [0.717, 1.165) is 11.1 Å². The number of aryl methyl sites for hydroxylation is 2. The SMILES string of the molecule is Cc1cc(O)c(/C(O)=C2/C(=O)C(=O)N(CCCN(C)C)C2c2cccc([N+](=O)[O-])c2)cc1C. The minimum Gasteiger partial charge on any atom is -0.507 e. The maximum Gasteiger partial charge on any atom is 0.295 e. The van der Waals surface area contributed by atoms with E-state index >= 15 is 0 Å². The summed E-state index contributed by atoms with van der Waals surface area (Å²) in [5.41, 5.74) is 1.53. The molecule has 1 atom stereocenters. The zero-order valence-electron chi connectivity index (χ0n) is 19.0. The Hall–Kier alpha value is -3.72. The Balaban J connectivity index is 2.20. The van der Waals surface area contributed by atoms with E-state index in [1.165, 1.54) is 29.2 Å². The van der Waals surface area contributed by atoms with Gasteiger partial charge in [-0.2, -0.15) is 0 Å². The average Bonchev–Trinajstić information content (AvgIpc) is 3.00. The first-order valence-electron chi connectivity index (χ1n) is 10.5. The number of rotatable bonds is 7. The number of nitro benzene ring substituents is 1. The molecule has 9 heteroatoms. The van der Waals surface area contributed by atoms with Crippen LogP contribution in [0.25, 0.3) is 5.76 Å². The van der Waals surface area contributed by atoms with E-state index in [0.29, 0.717) is 18.5 Å². The van der Waals surface area contributed by atoms with Crippen LogP contribution >= 0.6 is 0 Å². The molecule has 2 aromatic rings. The van der Waals surface area contributed by atoms with Crippen LogP contribution in [0.3, 0.4) is 0 Å². The summed E-state index contributed by atoms with van der Waals surface area (Å²) >= 11 is 0. The number of non-ortho nitro benzene ring substituents is 1. The molecule has 0 spiro atoms. The molecule has 0 bridgehead atoms. The second kappa shape index (κ2) is 9.41. The molecule has 33 heavy (non-hydrogen) atoms. The minimum atomic E-state index is -1.02. The molecule has 3 rings (SSSR count). The monoisotopic (exact) mass is 453 g/mol. The topological polar surface area (TPSA) is 124 Å².